The van der Waals surface area contributed by atoms with Crippen molar-refractivity contribution in [2.75, 3.05) is 5.32 Å². The van der Waals surface area contributed by atoms with Crippen molar-refractivity contribution >= 4 is 34.4 Å². The first-order valence-corrected chi connectivity index (χ1v) is 7.17. The Balaban J connectivity index is 1.93. The van der Waals surface area contributed by atoms with Gasteiger partial charge in [0.1, 0.15) is 5.75 Å². The number of halogens is 4. The summed E-state index contributed by atoms with van der Waals surface area (Å²) in [7, 11) is 0. The number of thiophene rings is 1. The van der Waals surface area contributed by atoms with Gasteiger partial charge in [0.05, 0.1) is 9.90 Å². The maximum absolute atomic E-state index is 12.0. The summed E-state index contributed by atoms with van der Waals surface area (Å²) in [6.07, 6.45) is -2.04. The van der Waals surface area contributed by atoms with Crippen LogP contribution in [0.5, 0.6) is 5.75 Å². The standard InChI is InChI=1S/C14H9ClF3NO2S/c15-11-6-8-22-13(11)12(20)5-7-19-9-1-3-10(4-2-9)21-14(16,17)18/h1-8,19H/b7-5-. The van der Waals surface area contributed by atoms with Gasteiger partial charge in [-0.1, -0.05) is 11.6 Å². The molecule has 0 aliphatic rings. The Kier molecular flexibility index (Phi) is 5.10. The first-order valence-electron chi connectivity index (χ1n) is 5.91. The van der Waals surface area contributed by atoms with Crippen LogP contribution in [0, 0.1) is 0 Å². The molecule has 0 radical (unpaired) electrons. The molecule has 22 heavy (non-hydrogen) atoms. The molecule has 0 amide bonds. The van der Waals surface area contributed by atoms with Gasteiger partial charge in [-0.2, -0.15) is 0 Å². The number of benzene rings is 1. The number of carbonyl (C=O) groups excluding carboxylic acids is 1. The summed E-state index contributed by atoms with van der Waals surface area (Å²) in [5, 5.41) is 4.86. The van der Waals surface area contributed by atoms with E-state index in [4.69, 9.17) is 11.6 Å². The second kappa shape index (κ2) is 6.85. The Morgan fingerprint density at radius 2 is 1.91 bits per heavy atom. The number of allylic oxidation sites excluding steroid dienone is 1. The fourth-order valence-electron chi connectivity index (χ4n) is 1.51. The maximum Gasteiger partial charge on any atom is 0.573 e. The zero-order valence-electron chi connectivity index (χ0n) is 10.9. The average molecular weight is 348 g/mol. The van der Waals surface area contributed by atoms with Gasteiger partial charge in [-0.15, -0.1) is 24.5 Å². The van der Waals surface area contributed by atoms with Crippen LogP contribution in [0.2, 0.25) is 5.02 Å². The van der Waals surface area contributed by atoms with Crippen molar-refractivity contribution in [3.8, 4) is 5.75 Å². The molecular weight excluding hydrogens is 339 g/mol. The van der Waals surface area contributed by atoms with Crippen LogP contribution in [0.4, 0.5) is 18.9 Å². The molecule has 2 rings (SSSR count). The molecule has 3 nitrogen and oxygen atoms in total. The lowest BCUT2D eigenvalue weighted by Gasteiger charge is -2.09. The molecule has 0 atom stereocenters. The van der Waals surface area contributed by atoms with Crippen molar-refractivity contribution in [1.29, 1.82) is 0 Å². The van der Waals surface area contributed by atoms with E-state index >= 15 is 0 Å². The number of hydrogen-bond acceptors (Lipinski definition) is 4. The van der Waals surface area contributed by atoms with Crippen molar-refractivity contribution in [3.63, 3.8) is 0 Å². The molecule has 1 heterocycles. The highest BCUT2D eigenvalue weighted by Crippen LogP contribution is 2.24. The highest BCUT2D eigenvalue weighted by molar-refractivity contribution is 7.13. The van der Waals surface area contributed by atoms with E-state index in [9.17, 15) is 18.0 Å². The molecule has 0 bridgehead atoms. The van der Waals surface area contributed by atoms with Gasteiger partial charge in [-0.05, 0) is 35.7 Å². The van der Waals surface area contributed by atoms with Crippen molar-refractivity contribution in [1.82, 2.24) is 0 Å². The van der Waals surface area contributed by atoms with Crippen LogP contribution in [0.25, 0.3) is 0 Å². The van der Waals surface area contributed by atoms with Crippen molar-refractivity contribution < 1.29 is 22.7 Å². The lowest BCUT2D eigenvalue weighted by molar-refractivity contribution is -0.274. The molecule has 0 fully saturated rings. The van der Waals surface area contributed by atoms with Gasteiger partial charge in [0, 0.05) is 18.0 Å². The van der Waals surface area contributed by atoms with E-state index in [1.54, 1.807) is 11.4 Å². The molecule has 116 valence electrons. The van der Waals surface area contributed by atoms with E-state index in [2.05, 4.69) is 10.1 Å². The summed E-state index contributed by atoms with van der Waals surface area (Å²) in [4.78, 5) is 12.2. The molecule has 1 aromatic carbocycles. The summed E-state index contributed by atoms with van der Waals surface area (Å²) in [6.45, 7) is 0. The van der Waals surface area contributed by atoms with E-state index in [0.717, 1.165) is 0 Å². The Hall–Kier alpha value is -1.99. The summed E-state index contributed by atoms with van der Waals surface area (Å²) >= 11 is 7.06. The highest BCUT2D eigenvalue weighted by atomic mass is 35.5. The SMILES string of the molecule is O=C(/C=C\Nc1ccc(OC(F)(F)F)cc1)c1sccc1Cl. The van der Waals surface area contributed by atoms with Gasteiger partial charge in [-0.3, -0.25) is 4.79 Å². The largest absolute Gasteiger partial charge is 0.573 e. The molecule has 2 aromatic rings. The normalized spacial score (nSPS) is 11.6. The molecule has 1 aromatic heterocycles. The van der Waals surface area contributed by atoms with Crippen LogP contribution in [0.3, 0.4) is 0 Å². The van der Waals surface area contributed by atoms with E-state index in [0.29, 0.717) is 15.6 Å². The van der Waals surface area contributed by atoms with Gasteiger partial charge < -0.3 is 10.1 Å². The number of nitrogens with one attached hydrogen (secondary N) is 1. The summed E-state index contributed by atoms with van der Waals surface area (Å²) < 4.78 is 39.8. The van der Waals surface area contributed by atoms with Gasteiger partial charge in [-0.25, -0.2) is 0 Å². The number of hydrogen-bond donors (Lipinski definition) is 1. The number of carbonyl (C=O) groups is 1. The van der Waals surface area contributed by atoms with Crippen LogP contribution < -0.4 is 10.1 Å². The molecule has 0 spiro atoms. The van der Waals surface area contributed by atoms with Crippen molar-refractivity contribution in [2.24, 2.45) is 0 Å². The molecule has 1 N–H and O–H groups in total. The van der Waals surface area contributed by atoms with Crippen molar-refractivity contribution in [2.45, 2.75) is 6.36 Å². The third kappa shape index (κ3) is 4.78. The average Bonchev–Trinajstić information content (AvgIpc) is 2.85. The zero-order valence-corrected chi connectivity index (χ0v) is 12.4. The quantitative estimate of drug-likeness (QED) is 0.603. The molecule has 8 heteroatoms. The first kappa shape index (κ1) is 16.4. The van der Waals surface area contributed by atoms with Crippen LogP contribution in [0.1, 0.15) is 9.67 Å². The van der Waals surface area contributed by atoms with Gasteiger partial charge in [0.25, 0.3) is 0 Å². The lowest BCUT2D eigenvalue weighted by Crippen LogP contribution is -2.16. The molecule has 0 saturated heterocycles. The van der Waals surface area contributed by atoms with Gasteiger partial charge in [0.15, 0.2) is 5.78 Å². The topological polar surface area (TPSA) is 38.3 Å². The second-order valence-corrected chi connectivity index (χ2v) is 5.34. The Morgan fingerprint density at radius 1 is 1.23 bits per heavy atom. The number of alkyl halides is 3. The monoisotopic (exact) mass is 347 g/mol. The van der Waals surface area contributed by atoms with Gasteiger partial charge in [0.2, 0.25) is 0 Å². The second-order valence-electron chi connectivity index (χ2n) is 4.01. The van der Waals surface area contributed by atoms with Crippen LogP contribution in [-0.4, -0.2) is 12.1 Å². The lowest BCUT2D eigenvalue weighted by atomic mass is 10.3. The van der Waals surface area contributed by atoms with E-state index in [1.165, 1.54) is 47.9 Å². The molecule has 0 aliphatic carbocycles. The maximum atomic E-state index is 12.0. The van der Waals surface area contributed by atoms with Crippen LogP contribution >= 0.6 is 22.9 Å². The van der Waals surface area contributed by atoms with E-state index < -0.39 is 6.36 Å². The zero-order chi connectivity index (χ0) is 16.2. The highest BCUT2D eigenvalue weighted by Gasteiger charge is 2.30. The Morgan fingerprint density at radius 3 is 2.45 bits per heavy atom. The Labute approximate surface area is 133 Å². The van der Waals surface area contributed by atoms with Crippen LogP contribution in [-0.2, 0) is 0 Å². The smallest absolute Gasteiger partial charge is 0.406 e. The fourth-order valence-corrected chi connectivity index (χ4v) is 2.58. The predicted molar refractivity (Wildman–Crippen MR) is 79.5 cm³/mol. The van der Waals surface area contributed by atoms with E-state index in [-0.39, 0.29) is 11.5 Å². The third-order valence-electron chi connectivity index (χ3n) is 2.41. The minimum atomic E-state index is -4.72. The number of anilines is 1. The molecule has 0 aliphatic heterocycles. The van der Waals surface area contributed by atoms with Gasteiger partial charge >= 0.3 is 6.36 Å². The minimum Gasteiger partial charge on any atom is -0.406 e. The Bertz CT molecular complexity index is 680. The fraction of sp³-hybridized carbons (Fsp3) is 0.0714. The first-order chi connectivity index (χ1) is 10.3. The van der Waals surface area contributed by atoms with E-state index in [1.807, 2.05) is 0 Å². The minimum absolute atomic E-state index is 0.260. The predicted octanol–water partition coefficient (Wildman–Crippen LogP) is 5.11. The summed E-state index contributed by atoms with van der Waals surface area (Å²) in [5.74, 6) is -0.576. The number of ketones is 1. The van der Waals surface area contributed by atoms with Crippen molar-refractivity contribution in [3.05, 3.63) is 57.9 Å². The molecule has 0 unspecified atom stereocenters. The number of rotatable bonds is 5. The summed E-state index contributed by atoms with van der Waals surface area (Å²) in [5.41, 5.74) is 0.510. The molecule has 0 saturated carbocycles. The number of ether oxygens (including phenoxy) is 1. The van der Waals surface area contributed by atoms with Crippen LogP contribution in [0.15, 0.2) is 48.0 Å². The molecular formula is C14H9ClF3NO2S. The third-order valence-corrected chi connectivity index (χ3v) is 3.77. The summed E-state index contributed by atoms with van der Waals surface area (Å²) in [6, 6.07) is 6.76.